The van der Waals surface area contributed by atoms with Gasteiger partial charge in [0.25, 0.3) is 0 Å². The predicted molar refractivity (Wildman–Crippen MR) is 50.2 cm³/mol. The Morgan fingerprint density at radius 3 is 3.00 bits per heavy atom. The van der Waals surface area contributed by atoms with E-state index >= 15 is 0 Å². The van der Waals surface area contributed by atoms with Gasteiger partial charge in [0.05, 0.1) is 18.3 Å². The van der Waals surface area contributed by atoms with Crippen molar-refractivity contribution in [3.05, 3.63) is 30.0 Å². The SMILES string of the molecule is COc1cccc2cc(C=O)[nH]c12. The van der Waals surface area contributed by atoms with Gasteiger partial charge in [-0.2, -0.15) is 0 Å². The standard InChI is InChI=1S/C10H9NO2/c1-13-9-4-2-3-7-5-8(6-12)11-10(7)9/h2-6,11H,1H3. The van der Waals surface area contributed by atoms with Crippen LogP contribution in [0.25, 0.3) is 10.9 Å². The van der Waals surface area contributed by atoms with E-state index < -0.39 is 0 Å². The summed E-state index contributed by atoms with van der Waals surface area (Å²) in [6.07, 6.45) is 0.791. The van der Waals surface area contributed by atoms with E-state index in [2.05, 4.69) is 4.98 Å². The average Bonchev–Trinajstić information content (AvgIpc) is 2.59. The predicted octanol–water partition coefficient (Wildman–Crippen LogP) is 1.99. The summed E-state index contributed by atoms with van der Waals surface area (Å²) in [7, 11) is 1.61. The minimum absolute atomic E-state index is 0.569. The molecule has 1 N–H and O–H groups in total. The van der Waals surface area contributed by atoms with Gasteiger partial charge in [0, 0.05) is 5.39 Å². The van der Waals surface area contributed by atoms with Gasteiger partial charge in [-0.3, -0.25) is 4.79 Å². The van der Waals surface area contributed by atoms with Crippen molar-refractivity contribution in [3.63, 3.8) is 0 Å². The topological polar surface area (TPSA) is 42.1 Å². The number of carbonyl (C=O) groups excluding carboxylic acids is 1. The first-order valence-corrected chi connectivity index (χ1v) is 3.96. The lowest BCUT2D eigenvalue weighted by atomic mass is 10.2. The third-order valence-corrected chi connectivity index (χ3v) is 1.99. The summed E-state index contributed by atoms with van der Waals surface area (Å²) in [5.41, 5.74) is 1.44. The van der Waals surface area contributed by atoms with Crippen LogP contribution in [0.3, 0.4) is 0 Å². The molecule has 0 aliphatic carbocycles. The summed E-state index contributed by atoms with van der Waals surface area (Å²) in [4.78, 5) is 13.5. The summed E-state index contributed by atoms with van der Waals surface area (Å²) >= 11 is 0. The number of aromatic nitrogens is 1. The van der Waals surface area contributed by atoms with Gasteiger partial charge in [-0.15, -0.1) is 0 Å². The zero-order valence-corrected chi connectivity index (χ0v) is 7.20. The van der Waals surface area contributed by atoms with Crippen molar-refractivity contribution in [1.29, 1.82) is 0 Å². The van der Waals surface area contributed by atoms with Crippen LogP contribution in [0.5, 0.6) is 5.75 Å². The van der Waals surface area contributed by atoms with E-state index in [1.54, 1.807) is 13.2 Å². The molecular weight excluding hydrogens is 166 g/mol. The maximum Gasteiger partial charge on any atom is 0.166 e. The van der Waals surface area contributed by atoms with Gasteiger partial charge in [0.2, 0.25) is 0 Å². The van der Waals surface area contributed by atoms with Gasteiger partial charge in [-0.25, -0.2) is 0 Å². The summed E-state index contributed by atoms with van der Waals surface area (Å²) in [5, 5.41) is 0.987. The molecular formula is C10H9NO2. The van der Waals surface area contributed by atoms with Gasteiger partial charge in [0.1, 0.15) is 5.75 Å². The van der Waals surface area contributed by atoms with Gasteiger partial charge in [-0.1, -0.05) is 12.1 Å². The molecule has 0 bridgehead atoms. The molecule has 13 heavy (non-hydrogen) atoms. The quantitative estimate of drug-likeness (QED) is 0.709. The zero-order valence-electron chi connectivity index (χ0n) is 7.20. The summed E-state index contributed by atoms with van der Waals surface area (Å²) in [5.74, 6) is 0.755. The van der Waals surface area contributed by atoms with Crippen LogP contribution in [0.15, 0.2) is 24.3 Å². The lowest BCUT2D eigenvalue weighted by molar-refractivity contribution is 0.112. The lowest BCUT2D eigenvalue weighted by Crippen LogP contribution is -1.83. The Balaban J connectivity index is 2.74. The second-order valence-electron chi connectivity index (χ2n) is 2.77. The molecule has 0 radical (unpaired) electrons. The van der Waals surface area contributed by atoms with Gasteiger partial charge >= 0.3 is 0 Å². The molecule has 3 heteroatoms. The molecule has 0 atom stereocenters. The minimum atomic E-state index is 0.569. The Labute approximate surface area is 75.3 Å². The first-order valence-electron chi connectivity index (χ1n) is 3.96. The molecule has 0 aliphatic rings. The molecule has 1 heterocycles. The van der Waals surface area contributed by atoms with Gasteiger partial charge in [-0.05, 0) is 12.1 Å². The number of nitrogens with one attached hydrogen (secondary N) is 1. The highest BCUT2D eigenvalue weighted by Crippen LogP contribution is 2.24. The molecule has 1 aromatic carbocycles. The van der Waals surface area contributed by atoms with Crippen LogP contribution in [-0.2, 0) is 0 Å². The van der Waals surface area contributed by atoms with E-state index in [0.29, 0.717) is 5.69 Å². The molecule has 2 rings (SSSR count). The van der Waals surface area contributed by atoms with Crippen molar-refractivity contribution in [2.75, 3.05) is 7.11 Å². The van der Waals surface area contributed by atoms with Crippen molar-refractivity contribution < 1.29 is 9.53 Å². The van der Waals surface area contributed by atoms with Crippen LogP contribution in [-0.4, -0.2) is 18.4 Å². The number of benzene rings is 1. The number of hydrogen-bond acceptors (Lipinski definition) is 2. The number of para-hydroxylation sites is 1. The average molecular weight is 175 g/mol. The molecule has 0 unspecified atom stereocenters. The van der Waals surface area contributed by atoms with E-state index in [-0.39, 0.29) is 0 Å². The Morgan fingerprint density at radius 2 is 2.31 bits per heavy atom. The largest absolute Gasteiger partial charge is 0.495 e. The van der Waals surface area contributed by atoms with Crippen molar-refractivity contribution >= 4 is 17.2 Å². The van der Waals surface area contributed by atoms with Crippen LogP contribution in [0, 0.1) is 0 Å². The van der Waals surface area contributed by atoms with Crippen LogP contribution in [0.1, 0.15) is 10.5 Å². The number of aromatic amines is 1. The Morgan fingerprint density at radius 1 is 1.46 bits per heavy atom. The van der Waals surface area contributed by atoms with Crippen molar-refractivity contribution in [3.8, 4) is 5.75 Å². The summed E-state index contributed by atoms with van der Waals surface area (Å²) < 4.78 is 5.14. The van der Waals surface area contributed by atoms with E-state index in [0.717, 1.165) is 22.9 Å². The number of methoxy groups -OCH3 is 1. The third-order valence-electron chi connectivity index (χ3n) is 1.99. The molecule has 66 valence electrons. The number of fused-ring (bicyclic) bond motifs is 1. The van der Waals surface area contributed by atoms with E-state index in [4.69, 9.17) is 4.74 Å². The smallest absolute Gasteiger partial charge is 0.166 e. The number of rotatable bonds is 2. The van der Waals surface area contributed by atoms with Crippen LogP contribution >= 0.6 is 0 Å². The molecule has 2 aromatic rings. The van der Waals surface area contributed by atoms with Crippen molar-refractivity contribution in [1.82, 2.24) is 4.98 Å². The fraction of sp³-hybridized carbons (Fsp3) is 0.100. The molecule has 0 saturated carbocycles. The summed E-state index contributed by atoms with van der Waals surface area (Å²) in [6, 6.07) is 7.48. The van der Waals surface area contributed by atoms with E-state index in [1.165, 1.54) is 0 Å². The second kappa shape index (κ2) is 2.94. The molecule has 0 spiro atoms. The maximum atomic E-state index is 10.5. The number of carbonyl (C=O) groups is 1. The normalized spacial score (nSPS) is 10.2. The Kier molecular flexibility index (Phi) is 1.77. The van der Waals surface area contributed by atoms with Crippen molar-refractivity contribution in [2.24, 2.45) is 0 Å². The zero-order chi connectivity index (χ0) is 9.26. The Hall–Kier alpha value is -1.77. The van der Waals surface area contributed by atoms with Gasteiger partial charge in [0.15, 0.2) is 6.29 Å². The fourth-order valence-electron chi connectivity index (χ4n) is 1.38. The molecule has 0 saturated heterocycles. The minimum Gasteiger partial charge on any atom is -0.495 e. The number of H-pyrrole nitrogens is 1. The Bertz CT molecular complexity index is 445. The lowest BCUT2D eigenvalue weighted by Gasteiger charge is -1.99. The highest BCUT2D eigenvalue weighted by molar-refractivity contribution is 5.91. The highest BCUT2D eigenvalue weighted by atomic mass is 16.5. The molecule has 1 aromatic heterocycles. The van der Waals surface area contributed by atoms with Crippen LogP contribution in [0.4, 0.5) is 0 Å². The first-order chi connectivity index (χ1) is 6.35. The third kappa shape index (κ3) is 1.18. The molecule has 3 nitrogen and oxygen atoms in total. The number of ether oxygens (including phenoxy) is 1. The van der Waals surface area contributed by atoms with Crippen LogP contribution < -0.4 is 4.74 Å². The highest BCUT2D eigenvalue weighted by Gasteiger charge is 2.03. The van der Waals surface area contributed by atoms with Crippen LogP contribution in [0.2, 0.25) is 0 Å². The summed E-state index contributed by atoms with van der Waals surface area (Å²) in [6.45, 7) is 0. The first kappa shape index (κ1) is 7.86. The number of hydrogen-bond donors (Lipinski definition) is 1. The molecule has 0 amide bonds. The monoisotopic (exact) mass is 175 g/mol. The number of aldehydes is 1. The molecule has 0 fully saturated rings. The van der Waals surface area contributed by atoms with E-state index in [1.807, 2.05) is 18.2 Å². The molecule has 0 aliphatic heterocycles. The van der Waals surface area contributed by atoms with E-state index in [9.17, 15) is 4.79 Å². The second-order valence-corrected chi connectivity index (χ2v) is 2.77. The van der Waals surface area contributed by atoms with Crippen molar-refractivity contribution in [2.45, 2.75) is 0 Å². The van der Waals surface area contributed by atoms with Gasteiger partial charge < -0.3 is 9.72 Å². The fourth-order valence-corrected chi connectivity index (χ4v) is 1.38. The maximum absolute atomic E-state index is 10.5.